The van der Waals surface area contributed by atoms with Crippen LogP contribution >= 0.6 is 0 Å². The second-order valence-corrected chi connectivity index (χ2v) is 6.82. The second-order valence-electron chi connectivity index (χ2n) is 6.82. The molecule has 0 unspecified atom stereocenters. The molecule has 1 aromatic carbocycles. The van der Waals surface area contributed by atoms with Crippen LogP contribution in [0.5, 0.6) is 0 Å². The zero-order valence-electron chi connectivity index (χ0n) is 16.5. The summed E-state index contributed by atoms with van der Waals surface area (Å²) in [5.41, 5.74) is 0.205. The number of nitrogens with one attached hydrogen (secondary N) is 2. The summed E-state index contributed by atoms with van der Waals surface area (Å²) in [5, 5.41) is 6.19. The minimum atomic E-state index is -0.380. The first-order valence-electron chi connectivity index (χ1n) is 10.2. The van der Waals surface area contributed by atoms with Gasteiger partial charge in [-0.05, 0) is 38.9 Å². The maximum Gasteiger partial charge on any atom is 0.253 e. The van der Waals surface area contributed by atoms with E-state index in [0.717, 1.165) is 45.6 Å². The third-order valence-electron chi connectivity index (χ3n) is 4.69. The molecule has 5 heteroatoms. The average Bonchev–Trinajstić information content (AvgIpc) is 2.63. The van der Waals surface area contributed by atoms with Crippen molar-refractivity contribution >= 4 is 11.4 Å². The van der Waals surface area contributed by atoms with Crippen molar-refractivity contribution in [1.29, 1.82) is 0 Å². The Hall–Kier alpha value is -1.36. The van der Waals surface area contributed by atoms with Crippen molar-refractivity contribution < 1.29 is 0 Å². The molecule has 1 aromatic rings. The Kier molecular flexibility index (Phi) is 11.2. The number of anilines is 2. The fraction of sp³-hybridized carbons (Fsp3) is 0.800. The molecule has 0 heterocycles. The summed E-state index contributed by atoms with van der Waals surface area (Å²) in [7, 11) is 0. The summed E-state index contributed by atoms with van der Waals surface area (Å²) in [6.45, 7) is 11.2. The standard InChI is InChI=1S/C20H37N3O2/c1-4-7-8-9-10-11-15-23(6-3)16-12-14-22-18-17(21-13-5-2)19(24)20(18)25/h21-22H,4-16H2,1-3H3. The SMILES string of the molecule is CCCCCCCCN(CC)CCCNc1c(NCCC)c(=O)c1=O. The van der Waals surface area contributed by atoms with E-state index in [1.54, 1.807) is 0 Å². The molecular weight excluding hydrogens is 314 g/mol. The Bertz CT molecular complexity index is 535. The number of hydrogen-bond donors (Lipinski definition) is 2. The fourth-order valence-electron chi connectivity index (χ4n) is 3.04. The molecule has 0 radical (unpaired) electrons. The van der Waals surface area contributed by atoms with Crippen LogP contribution in [0.1, 0.15) is 72.1 Å². The minimum Gasteiger partial charge on any atom is -0.380 e. The molecule has 0 aliphatic carbocycles. The summed E-state index contributed by atoms with van der Waals surface area (Å²) >= 11 is 0. The minimum absolute atomic E-state index is 0.377. The van der Waals surface area contributed by atoms with Gasteiger partial charge >= 0.3 is 0 Å². The van der Waals surface area contributed by atoms with Crippen LogP contribution in [-0.2, 0) is 0 Å². The normalized spacial score (nSPS) is 11.4. The van der Waals surface area contributed by atoms with Gasteiger partial charge in [0.25, 0.3) is 10.9 Å². The highest BCUT2D eigenvalue weighted by Crippen LogP contribution is 2.14. The van der Waals surface area contributed by atoms with E-state index in [2.05, 4.69) is 29.4 Å². The second kappa shape index (κ2) is 12.9. The summed E-state index contributed by atoms with van der Waals surface area (Å²) in [5.74, 6) is 0. The first-order chi connectivity index (χ1) is 12.2. The third kappa shape index (κ3) is 7.59. The molecule has 0 bridgehead atoms. The van der Waals surface area contributed by atoms with Crippen molar-refractivity contribution in [3.8, 4) is 0 Å². The van der Waals surface area contributed by atoms with Crippen LogP contribution in [0.3, 0.4) is 0 Å². The van der Waals surface area contributed by atoms with Crippen molar-refractivity contribution in [2.45, 2.75) is 72.1 Å². The molecule has 0 saturated heterocycles. The molecule has 0 amide bonds. The lowest BCUT2D eigenvalue weighted by Gasteiger charge is -2.21. The van der Waals surface area contributed by atoms with Crippen LogP contribution in [0, 0.1) is 0 Å². The number of nitrogens with zero attached hydrogens (tertiary/aromatic N) is 1. The van der Waals surface area contributed by atoms with Gasteiger partial charge in [0, 0.05) is 13.1 Å². The Morgan fingerprint density at radius 3 is 1.84 bits per heavy atom. The predicted molar refractivity (Wildman–Crippen MR) is 109 cm³/mol. The molecular formula is C20H37N3O2. The van der Waals surface area contributed by atoms with Gasteiger partial charge in [-0.1, -0.05) is 52.9 Å². The van der Waals surface area contributed by atoms with Gasteiger partial charge in [0.15, 0.2) is 0 Å². The molecule has 0 saturated carbocycles. The smallest absolute Gasteiger partial charge is 0.253 e. The van der Waals surface area contributed by atoms with E-state index in [0.29, 0.717) is 11.4 Å². The van der Waals surface area contributed by atoms with Gasteiger partial charge < -0.3 is 15.5 Å². The molecule has 144 valence electrons. The van der Waals surface area contributed by atoms with E-state index in [1.807, 2.05) is 6.92 Å². The molecule has 0 spiro atoms. The van der Waals surface area contributed by atoms with E-state index < -0.39 is 0 Å². The molecule has 0 aliphatic rings. The van der Waals surface area contributed by atoms with Crippen LogP contribution < -0.4 is 21.5 Å². The van der Waals surface area contributed by atoms with Crippen molar-refractivity contribution in [2.24, 2.45) is 0 Å². The first-order valence-corrected chi connectivity index (χ1v) is 10.2. The van der Waals surface area contributed by atoms with Gasteiger partial charge in [0.1, 0.15) is 11.4 Å². The van der Waals surface area contributed by atoms with E-state index in [1.165, 1.54) is 38.5 Å². The number of rotatable bonds is 16. The Morgan fingerprint density at radius 1 is 0.680 bits per heavy atom. The monoisotopic (exact) mass is 351 g/mol. The van der Waals surface area contributed by atoms with Crippen LogP contribution in [-0.4, -0.2) is 37.6 Å². The van der Waals surface area contributed by atoms with E-state index >= 15 is 0 Å². The van der Waals surface area contributed by atoms with Crippen molar-refractivity contribution in [3.05, 3.63) is 20.4 Å². The number of hydrogen-bond acceptors (Lipinski definition) is 5. The Balaban J connectivity index is 2.20. The maximum absolute atomic E-state index is 11.6. The average molecular weight is 352 g/mol. The first kappa shape index (κ1) is 21.7. The van der Waals surface area contributed by atoms with Gasteiger partial charge in [-0.2, -0.15) is 0 Å². The molecule has 0 atom stereocenters. The molecule has 25 heavy (non-hydrogen) atoms. The lowest BCUT2D eigenvalue weighted by Crippen LogP contribution is -2.38. The van der Waals surface area contributed by atoms with Crippen LogP contribution in [0.25, 0.3) is 0 Å². The van der Waals surface area contributed by atoms with Crippen molar-refractivity contribution in [2.75, 3.05) is 43.4 Å². The highest BCUT2D eigenvalue weighted by molar-refractivity contribution is 5.73. The van der Waals surface area contributed by atoms with E-state index in [4.69, 9.17) is 0 Å². The highest BCUT2D eigenvalue weighted by Gasteiger charge is 2.19. The number of unbranched alkanes of at least 4 members (excludes halogenated alkanes) is 5. The Morgan fingerprint density at radius 2 is 1.24 bits per heavy atom. The lowest BCUT2D eigenvalue weighted by atomic mass is 10.1. The largest absolute Gasteiger partial charge is 0.380 e. The zero-order chi connectivity index (χ0) is 18.5. The van der Waals surface area contributed by atoms with Crippen LogP contribution in [0.4, 0.5) is 11.4 Å². The molecule has 0 aliphatic heterocycles. The van der Waals surface area contributed by atoms with E-state index in [-0.39, 0.29) is 10.9 Å². The molecule has 0 fully saturated rings. The van der Waals surface area contributed by atoms with Crippen LogP contribution in [0.15, 0.2) is 9.59 Å². The van der Waals surface area contributed by atoms with Gasteiger partial charge in [0.05, 0.1) is 0 Å². The third-order valence-corrected chi connectivity index (χ3v) is 4.69. The summed E-state index contributed by atoms with van der Waals surface area (Å²) in [6, 6.07) is 0. The fourth-order valence-corrected chi connectivity index (χ4v) is 3.04. The van der Waals surface area contributed by atoms with Gasteiger partial charge in [-0.15, -0.1) is 0 Å². The van der Waals surface area contributed by atoms with E-state index in [9.17, 15) is 9.59 Å². The molecule has 0 aromatic heterocycles. The summed E-state index contributed by atoms with van der Waals surface area (Å²) in [4.78, 5) is 25.7. The molecule has 2 N–H and O–H groups in total. The highest BCUT2D eigenvalue weighted by atomic mass is 16.2. The quantitative estimate of drug-likeness (QED) is 0.352. The Labute approximate surface area is 152 Å². The van der Waals surface area contributed by atoms with Gasteiger partial charge in [-0.3, -0.25) is 9.59 Å². The molecule has 1 rings (SSSR count). The lowest BCUT2D eigenvalue weighted by molar-refractivity contribution is 0.279. The summed E-state index contributed by atoms with van der Waals surface area (Å²) < 4.78 is 0. The van der Waals surface area contributed by atoms with Crippen LogP contribution in [0.2, 0.25) is 0 Å². The van der Waals surface area contributed by atoms with Crippen molar-refractivity contribution in [3.63, 3.8) is 0 Å². The zero-order valence-corrected chi connectivity index (χ0v) is 16.5. The van der Waals surface area contributed by atoms with Gasteiger partial charge in [0.2, 0.25) is 0 Å². The van der Waals surface area contributed by atoms with Crippen molar-refractivity contribution in [1.82, 2.24) is 4.90 Å². The maximum atomic E-state index is 11.6. The summed E-state index contributed by atoms with van der Waals surface area (Å²) in [6.07, 6.45) is 9.88. The van der Waals surface area contributed by atoms with Gasteiger partial charge in [-0.25, -0.2) is 0 Å². The molecule has 5 nitrogen and oxygen atoms in total. The topological polar surface area (TPSA) is 61.4 Å². The predicted octanol–water partition coefficient (Wildman–Crippen LogP) is 3.59.